The normalized spacial score (nSPS) is 10.8. The van der Waals surface area contributed by atoms with Gasteiger partial charge in [-0.25, -0.2) is 4.39 Å². The maximum atomic E-state index is 14.1. The van der Waals surface area contributed by atoms with Crippen LogP contribution in [0.15, 0.2) is 48.5 Å². The highest BCUT2D eigenvalue weighted by molar-refractivity contribution is 5.80. The number of halogens is 1. The number of benzene rings is 2. The Kier molecular flexibility index (Phi) is 4.88. The van der Waals surface area contributed by atoms with E-state index >= 15 is 0 Å². The highest BCUT2D eigenvalue weighted by Gasteiger charge is 2.16. The summed E-state index contributed by atoms with van der Waals surface area (Å²) in [7, 11) is 1.60. The summed E-state index contributed by atoms with van der Waals surface area (Å²) in [6, 6.07) is 14.1. The molecule has 1 heterocycles. The molecule has 2 aromatic carbocycles. The first-order valence-electron chi connectivity index (χ1n) is 7.51. The van der Waals surface area contributed by atoms with Crippen LogP contribution in [-0.4, -0.2) is 22.4 Å². The molecule has 1 aromatic heterocycles. The number of aromatic amines is 1. The summed E-state index contributed by atoms with van der Waals surface area (Å²) in [4.78, 5) is 0. The molecule has 3 aromatic rings. The van der Waals surface area contributed by atoms with Gasteiger partial charge in [0, 0.05) is 12.7 Å². The molecule has 0 fully saturated rings. The number of aliphatic hydroxyl groups excluding tert-OH is 1. The van der Waals surface area contributed by atoms with E-state index in [1.807, 2.05) is 30.3 Å². The fourth-order valence-electron chi connectivity index (χ4n) is 2.53. The summed E-state index contributed by atoms with van der Waals surface area (Å²) in [6.45, 7) is 0.202. The van der Waals surface area contributed by atoms with E-state index in [4.69, 9.17) is 4.74 Å². The van der Waals surface area contributed by atoms with E-state index in [1.165, 1.54) is 6.07 Å². The van der Waals surface area contributed by atoms with Gasteiger partial charge in [0.05, 0.1) is 24.6 Å². The van der Waals surface area contributed by atoms with Crippen molar-refractivity contribution in [3.63, 3.8) is 0 Å². The van der Waals surface area contributed by atoms with E-state index in [9.17, 15) is 9.50 Å². The van der Waals surface area contributed by atoms with E-state index in [1.54, 1.807) is 19.2 Å². The summed E-state index contributed by atoms with van der Waals surface area (Å²) in [6.07, 6.45) is 0. The Morgan fingerprint density at radius 3 is 2.71 bits per heavy atom. The highest BCUT2D eigenvalue weighted by Crippen LogP contribution is 2.33. The van der Waals surface area contributed by atoms with Gasteiger partial charge in [-0.3, -0.25) is 5.10 Å². The molecule has 0 saturated heterocycles. The van der Waals surface area contributed by atoms with Crippen molar-refractivity contribution in [1.82, 2.24) is 10.2 Å². The Labute approximate surface area is 139 Å². The Balaban J connectivity index is 2.03. The molecule has 3 rings (SSSR count). The molecule has 5 nitrogen and oxygen atoms in total. The number of nitrogens with zero attached hydrogens (tertiary/aromatic N) is 1. The molecule has 0 spiro atoms. The van der Waals surface area contributed by atoms with Gasteiger partial charge < -0.3 is 15.2 Å². The zero-order valence-electron chi connectivity index (χ0n) is 13.2. The maximum Gasteiger partial charge on any atom is 0.160 e. The van der Waals surface area contributed by atoms with Gasteiger partial charge in [0.2, 0.25) is 0 Å². The molecule has 0 unspecified atom stereocenters. The number of aliphatic hydroxyl groups is 1. The molecule has 0 saturated carbocycles. The third-order valence-corrected chi connectivity index (χ3v) is 3.66. The van der Waals surface area contributed by atoms with Crippen molar-refractivity contribution in [2.75, 3.05) is 12.4 Å². The van der Waals surface area contributed by atoms with E-state index < -0.39 is 5.82 Å². The largest absolute Gasteiger partial charge is 0.392 e. The van der Waals surface area contributed by atoms with Crippen LogP contribution in [0, 0.1) is 5.82 Å². The zero-order valence-corrected chi connectivity index (χ0v) is 13.2. The molecule has 3 N–H and O–H groups in total. The van der Waals surface area contributed by atoms with Crippen molar-refractivity contribution in [1.29, 1.82) is 0 Å². The van der Waals surface area contributed by atoms with Crippen LogP contribution in [-0.2, 0) is 18.0 Å². The van der Waals surface area contributed by atoms with Gasteiger partial charge in [-0.15, -0.1) is 0 Å². The number of hydrogen-bond donors (Lipinski definition) is 3. The van der Waals surface area contributed by atoms with Gasteiger partial charge in [0.15, 0.2) is 5.82 Å². The van der Waals surface area contributed by atoms with Crippen molar-refractivity contribution in [3.8, 4) is 11.1 Å². The summed E-state index contributed by atoms with van der Waals surface area (Å²) in [5, 5.41) is 19.4. The molecule has 124 valence electrons. The van der Waals surface area contributed by atoms with Gasteiger partial charge in [0.1, 0.15) is 5.82 Å². The third kappa shape index (κ3) is 3.29. The zero-order chi connectivity index (χ0) is 16.9. The minimum atomic E-state index is -0.414. The van der Waals surface area contributed by atoms with Crippen LogP contribution in [0.25, 0.3) is 11.1 Å². The topological polar surface area (TPSA) is 70.2 Å². The molecule has 0 bridgehead atoms. The number of methoxy groups -OCH3 is 1. The van der Waals surface area contributed by atoms with Crippen LogP contribution in [0.1, 0.15) is 11.3 Å². The number of nitrogens with one attached hydrogen (secondary N) is 2. The van der Waals surface area contributed by atoms with Crippen molar-refractivity contribution < 1.29 is 14.2 Å². The van der Waals surface area contributed by atoms with E-state index in [0.29, 0.717) is 18.0 Å². The average Bonchev–Trinajstić information content (AvgIpc) is 3.00. The predicted octanol–water partition coefficient (Wildman–Crippen LogP) is 3.60. The molecule has 24 heavy (non-hydrogen) atoms. The lowest BCUT2D eigenvalue weighted by molar-refractivity contribution is 0.182. The molecule has 0 aliphatic heterocycles. The van der Waals surface area contributed by atoms with Gasteiger partial charge in [0.25, 0.3) is 0 Å². The summed E-state index contributed by atoms with van der Waals surface area (Å²) >= 11 is 0. The lowest BCUT2D eigenvalue weighted by Crippen LogP contribution is -1.98. The Bertz CT molecular complexity index is 818. The number of rotatable bonds is 6. The molecule has 0 radical (unpaired) electrons. The minimum absolute atomic E-state index is 0.157. The second kappa shape index (κ2) is 7.25. The first kappa shape index (κ1) is 16.2. The second-order valence-electron chi connectivity index (χ2n) is 5.32. The highest BCUT2D eigenvalue weighted by atomic mass is 19.1. The fraction of sp³-hybridized carbons (Fsp3) is 0.167. The van der Waals surface area contributed by atoms with E-state index in [0.717, 1.165) is 16.8 Å². The number of aromatic nitrogens is 2. The van der Waals surface area contributed by atoms with Crippen molar-refractivity contribution in [2.45, 2.75) is 13.2 Å². The molecule has 6 heteroatoms. The Morgan fingerprint density at radius 2 is 2.00 bits per heavy atom. The van der Waals surface area contributed by atoms with Gasteiger partial charge >= 0.3 is 0 Å². The smallest absolute Gasteiger partial charge is 0.160 e. The van der Waals surface area contributed by atoms with Crippen LogP contribution in [0.5, 0.6) is 0 Å². The second-order valence-corrected chi connectivity index (χ2v) is 5.32. The Morgan fingerprint density at radius 1 is 1.21 bits per heavy atom. The number of ether oxygens (including phenoxy) is 1. The minimum Gasteiger partial charge on any atom is -0.392 e. The summed E-state index contributed by atoms with van der Waals surface area (Å²) in [5.41, 5.74) is 3.44. The standard InChI is InChI=1S/C18H18FN3O2/c1-24-11-16-17(13-5-3-2-4-6-13)18(22-21-16)20-15-9-12(10-23)7-8-14(15)19/h2-9,23H,10-11H2,1H3,(H2,20,21,22). The maximum absolute atomic E-state index is 14.1. The van der Waals surface area contributed by atoms with Crippen molar-refractivity contribution in [3.05, 3.63) is 65.6 Å². The van der Waals surface area contributed by atoms with Crippen LogP contribution < -0.4 is 5.32 Å². The Hall–Kier alpha value is -2.70. The molecular weight excluding hydrogens is 309 g/mol. The average molecular weight is 327 g/mol. The van der Waals surface area contributed by atoms with Crippen LogP contribution in [0.4, 0.5) is 15.9 Å². The lowest BCUT2D eigenvalue weighted by Gasteiger charge is -2.10. The first-order chi connectivity index (χ1) is 11.7. The molecular formula is C18H18FN3O2. The van der Waals surface area contributed by atoms with Crippen LogP contribution >= 0.6 is 0 Å². The van der Waals surface area contributed by atoms with Gasteiger partial charge in [-0.05, 0) is 23.3 Å². The predicted molar refractivity (Wildman–Crippen MR) is 90.3 cm³/mol. The fourth-order valence-corrected chi connectivity index (χ4v) is 2.53. The van der Waals surface area contributed by atoms with E-state index in [-0.39, 0.29) is 12.3 Å². The molecule has 0 aliphatic carbocycles. The quantitative estimate of drug-likeness (QED) is 0.647. The SMILES string of the molecule is COCc1[nH]nc(Nc2cc(CO)ccc2F)c1-c1ccccc1. The van der Waals surface area contributed by atoms with Gasteiger partial charge in [-0.2, -0.15) is 5.10 Å². The molecule has 0 aliphatic rings. The van der Waals surface area contributed by atoms with Crippen molar-refractivity contribution in [2.24, 2.45) is 0 Å². The summed E-state index contributed by atoms with van der Waals surface area (Å²) in [5.74, 6) is 0.0877. The number of hydrogen-bond acceptors (Lipinski definition) is 4. The number of anilines is 2. The first-order valence-corrected chi connectivity index (χ1v) is 7.51. The lowest BCUT2D eigenvalue weighted by atomic mass is 10.1. The van der Waals surface area contributed by atoms with Gasteiger partial charge in [-0.1, -0.05) is 36.4 Å². The monoisotopic (exact) mass is 327 g/mol. The van der Waals surface area contributed by atoms with Crippen molar-refractivity contribution >= 4 is 11.5 Å². The molecule has 0 amide bonds. The summed E-state index contributed by atoms with van der Waals surface area (Å²) < 4.78 is 19.3. The third-order valence-electron chi connectivity index (χ3n) is 3.66. The molecule has 0 atom stereocenters. The number of H-pyrrole nitrogens is 1. The van der Waals surface area contributed by atoms with E-state index in [2.05, 4.69) is 15.5 Å². The van der Waals surface area contributed by atoms with Crippen LogP contribution in [0.2, 0.25) is 0 Å². The van der Waals surface area contributed by atoms with Crippen LogP contribution in [0.3, 0.4) is 0 Å².